The molecule has 1 saturated heterocycles. The van der Waals surface area contributed by atoms with E-state index in [1.54, 1.807) is 25.7 Å². The van der Waals surface area contributed by atoms with E-state index in [9.17, 15) is 19.2 Å². The third kappa shape index (κ3) is 11.0. The summed E-state index contributed by atoms with van der Waals surface area (Å²) in [4.78, 5) is 52.3. The first-order valence-corrected chi connectivity index (χ1v) is 11.9. The van der Waals surface area contributed by atoms with Gasteiger partial charge in [0.05, 0.1) is 12.6 Å². The second kappa shape index (κ2) is 14.4. The number of carbonyl (C=O) groups is 4. The molecule has 1 N–H and O–H groups in total. The summed E-state index contributed by atoms with van der Waals surface area (Å²) in [6.07, 6.45) is -0.514. The number of alkyl carbamates (subject to hydrolysis) is 1. The summed E-state index contributed by atoms with van der Waals surface area (Å²) in [5.74, 6) is -1.09. The average Bonchev–Trinajstić information content (AvgIpc) is 2.81. The summed E-state index contributed by atoms with van der Waals surface area (Å²) < 4.78 is 20.6. The summed E-state index contributed by atoms with van der Waals surface area (Å²) >= 11 is 0. The molecule has 0 bridgehead atoms. The molecule has 0 radical (unpaired) electrons. The molecule has 11 heteroatoms. The molecular formula is C25H37N3O8. The fourth-order valence-electron chi connectivity index (χ4n) is 3.58. The van der Waals surface area contributed by atoms with E-state index in [4.69, 9.17) is 18.9 Å². The Morgan fingerprint density at radius 1 is 1.03 bits per heavy atom. The fraction of sp³-hybridized carbons (Fsp3) is 0.600. The lowest BCUT2D eigenvalue weighted by Gasteiger charge is -2.40. The van der Waals surface area contributed by atoms with Gasteiger partial charge in [-0.2, -0.15) is 0 Å². The molecule has 1 aromatic carbocycles. The zero-order valence-corrected chi connectivity index (χ0v) is 21.5. The number of esters is 2. The SMILES string of the molecule is COCC(=O)OCC1CN(C(=O)CCNC(=O)OCc2ccccc2)CCN1CC(=O)OC(C)(C)C. The van der Waals surface area contributed by atoms with Crippen LogP contribution >= 0.6 is 0 Å². The van der Waals surface area contributed by atoms with Gasteiger partial charge in [-0.25, -0.2) is 9.59 Å². The molecule has 1 aromatic rings. The van der Waals surface area contributed by atoms with Crippen LogP contribution in [0.25, 0.3) is 0 Å². The van der Waals surface area contributed by atoms with Crippen molar-refractivity contribution in [2.45, 2.75) is 45.4 Å². The number of methoxy groups -OCH3 is 1. The molecule has 36 heavy (non-hydrogen) atoms. The van der Waals surface area contributed by atoms with Crippen LogP contribution in [0.1, 0.15) is 32.8 Å². The lowest BCUT2D eigenvalue weighted by Crippen LogP contribution is -2.58. The average molecular weight is 508 g/mol. The number of hydrogen-bond acceptors (Lipinski definition) is 9. The minimum Gasteiger partial charge on any atom is -0.462 e. The number of benzene rings is 1. The lowest BCUT2D eigenvalue weighted by atomic mass is 10.1. The van der Waals surface area contributed by atoms with Crippen LogP contribution in [0, 0.1) is 0 Å². The highest BCUT2D eigenvalue weighted by atomic mass is 16.6. The summed E-state index contributed by atoms with van der Waals surface area (Å²) in [6.45, 7) is 6.52. The zero-order chi connectivity index (χ0) is 26.6. The van der Waals surface area contributed by atoms with Gasteiger partial charge in [-0.15, -0.1) is 0 Å². The third-order valence-electron chi connectivity index (χ3n) is 5.23. The number of piperazine rings is 1. The van der Waals surface area contributed by atoms with Gasteiger partial charge < -0.3 is 29.2 Å². The normalized spacial score (nSPS) is 16.2. The molecule has 1 unspecified atom stereocenters. The Bertz CT molecular complexity index is 872. The Labute approximate surface area is 212 Å². The quantitative estimate of drug-likeness (QED) is 0.349. The summed E-state index contributed by atoms with van der Waals surface area (Å²) in [7, 11) is 1.39. The van der Waals surface area contributed by atoms with E-state index in [-0.39, 0.29) is 57.8 Å². The van der Waals surface area contributed by atoms with Crippen molar-refractivity contribution in [3.8, 4) is 0 Å². The van der Waals surface area contributed by atoms with Crippen LogP contribution in [0.15, 0.2) is 30.3 Å². The first-order valence-electron chi connectivity index (χ1n) is 11.9. The smallest absolute Gasteiger partial charge is 0.407 e. The van der Waals surface area contributed by atoms with Crippen LogP contribution in [0.5, 0.6) is 0 Å². The van der Waals surface area contributed by atoms with Crippen molar-refractivity contribution in [1.29, 1.82) is 0 Å². The van der Waals surface area contributed by atoms with Gasteiger partial charge in [-0.3, -0.25) is 14.5 Å². The van der Waals surface area contributed by atoms with Gasteiger partial charge in [0.15, 0.2) is 0 Å². The van der Waals surface area contributed by atoms with Crippen LogP contribution in [-0.2, 0) is 39.9 Å². The molecule has 1 aliphatic rings. The molecular weight excluding hydrogens is 470 g/mol. The minimum absolute atomic E-state index is 0.00116. The third-order valence-corrected chi connectivity index (χ3v) is 5.23. The first-order chi connectivity index (χ1) is 17.1. The molecule has 2 amide bonds. The van der Waals surface area contributed by atoms with E-state index in [0.717, 1.165) is 5.56 Å². The van der Waals surface area contributed by atoms with E-state index >= 15 is 0 Å². The molecule has 0 spiro atoms. The fourth-order valence-corrected chi connectivity index (χ4v) is 3.58. The summed E-state index contributed by atoms with van der Waals surface area (Å²) in [6, 6.07) is 8.90. The standard InChI is InChI=1S/C25H37N3O8/c1-25(2,3)36-22(30)15-27-12-13-28(14-20(27)17-34-23(31)18-33-4)21(29)10-11-26-24(32)35-16-19-8-6-5-7-9-19/h5-9,20H,10-18H2,1-4H3,(H,26,32). The molecule has 2 rings (SSSR count). The second-order valence-electron chi connectivity index (χ2n) is 9.41. The predicted octanol–water partition coefficient (Wildman–Crippen LogP) is 1.35. The van der Waals surface area contributed by atoms with Gasteiger partial charge >= 0.3 is 18.0 Å². The van der Waals surface area contributed by atoms with Gasteiger partial charge in [0.25, 0.3) is 0 Å². The van der Waals surface area contributed by atoms with E-state index < -0.39 is 23.6 Å². The maximum absolute atomic E-state index is 12.8. The number of carbonyl (C=O) groups excluding carboxylic acids is 4. The van der Waals surface area contributed by atoms with Gasteiger partial charge in [0.1, 0.15) is 25.4 Å². The Morgan fingerprint density at radius 2 is 1.75 bits per heavy atom. The number of hydrogen-bond donors (Lipinski definition) is 1. The Morgan fingerprint density at radius 3 is 2.42 bits per heavy atom. The van der Waals surface area contributed by atoms with Crippen LogP contribution in [0.4, 0.5) is 4.79 Å². The van der Waals surface area contributed by atoms with Crippen LogP contribution < -0.4 is 5.32 Å². The van der Waals surface area contributed by atoms with Gasteiger partial charge in [0.2, 0.25) is 5.91 Å². The predicted molar refractivity (Wildman–Crippen MR) is 130 cm³/mol. The largest absolute Gasteiger partial charge is 0.462 e. The van der Waals surface area contributed by atoms with Crippen molar-refractivity contribution in [2.24, 2.45) is 0 Å². The van der Waals surface area contributed by atoms with Gasteiger partial charge in [-0.05, 0) is 26.3 Å². The van der Waals surface area contributed by atoms with Gasteiger partial charge in [-0.1, -0.05) is 30.3 Å². The molecule has 0 aromatic heterocycles. The molecule has 1 atom stereocenters. The van der Waals surface area contributed by atoms with Crippen LogP contribution in [0.3, 0.4) is 0 Å². The van der Waals surface area contributed by atoms with Crippen molar-refractivity contribution in [1.82, 2.24) is 15.1 Å². The van der Waals surface area contributed by atoms with Crippen LogP contribution in [-0.4, -0.2) is 98.4 Å². The highest BCUT2D eigenvalue weighted by Gasteiger charge is 2.32. The number of rotatable bonds is 11. The number of ether oxygens (including phenoxy) is 4. The van der Waals surface area contributed by atoms with Crippen molar-refractivity contribution >= 4 is 23.9 Å². The highest BCUT2D eigenvalue weighted by Crippen LogP contribution is 2.14. The topological polar surface area (TPSA) is 124 Å². The maximum Gasteiger partial charge on any atom is 0.407 e. The molecule has 1 heterocycles. The monoisotopic (exact) mass is 507 g/mol. The van der Waals surface area contributed by atoms with Crippen molar-refractivity contribution in [2.75, 3.05) is 53.0 Å². The number of nitrogens with zero attached hydrogens (tertiary/aromatic N) is 2. The Balaban J connectivity index is 1.84. The highest BCUT2D eigenvalue weighted by molar-refractivity contribution is 5.77. The van der Waals surface area contributed by atoms with Crippen molar-refractivity contribution in [3.05, 3.63) is 35.9 Å². The Hall–Kier alpha value is -3.18. The molecule has 0 aliphatic carbocycles. The van der Waals surface area contributed by atoms with E-state index in [1.165, 1.54) is 7.11 Å². The minimum atomic E-state index is -0.620. The first kappa shape index (κ1) is 29.1. The van der Waals surface area contributed by atoms with E-state index in [1.807, 2.05) is 35.2 Å². The number of nitrogens with one attached hydrogen (secondary N) is 1. The summed E-state index contributed by atoms with van der Waals surface area (Å²) in [5, 5.41) is 2.58. The Kier molecular flexibility index (Phi) is 11.6. The van der Waals surface area contributed by atoms with E-state index in [0.29, 0.717) is 13.1 Å². The molecule has 1 fully saturated rings. The summed E-state index contributed by atoms with van der Waals surface area (Å²) in [5.41, 5.74) is 0.245. The second-order valence-corrected chi connectivity index (χ2v) is 9.41. The lowest BCUT2D eigenvalue weighted by molar-refractivity contribution is -0.159. The van der Waals surface area contributed by atoms with Crippen molar-refractivity contribution < 1.29 is 38.1 Å². The molecule has 11 nitrogen and oxygen atoms in total. The number of amides is 2. The molecule has 200 valence electrons. The maximum atomic E-state index is 12.8. The molecule has 0 saturated carbocycles. The zero-order valence-electron chi connectivity index (χ0n) is 21.5. The molecule has 1 aliphatic heterocycles. The van der Waals surface area contributed by atoms with Crippen LogP contribution in [0.2, 0.25) is 0 Å². The van der Waals surface area contributed by atoms with E-state index in [2.05, 4.69) is 5.32 Å². The van der Waals surface area contributed by atoms with Crippen molar-refractivity contribution in [3.63, 3.8) is 0 Å². The van der Waals surface area contributed by atoms with Gasteiger partial charge in [0, 0.05) is 39.7 Å².